The van der Waals surface area contributed by atoms with Crippen LogP contribution in [0.2, 0.25) is 0 Å². The number of thiophene rings is 1. The predicted molar refractivity (Wildman–Crippen MR) is 230 cm³/mol. The summed E-state index contributed by atoms with van der Waals surface area (Å²) in [7, 11) is 0. The van der Waals surface area contributed by atoms with Gasteiger partial charge in [-0.2, -0.15) is 0 Å². The molecule has 0 fully saturated rings. The fourth-order valence-electron chi connectivity index (χ4n) is 8.94. The maximum Gasteiger partial charge on any atom is 0.145 e. The summed E-state index contributed by atoms with van der Waals surface area (Å²) in [6, 6.07) is 64.0. The number of nitrogens with zero attached hydrogens (tertiary/aromatic N) is 1. The Hall–Kier alpha value is -6.42. The van der Waals surface area contributed by atoms with Gasteiger partial charge in [0.05, 0.1) is 16.8 Å². The van der Waals surface area contributed by atoms with Gasteiger partial charge < -0.3 is 9.32 Å². The number of furan rings is 1. The monoisotopic (exact) mass is 709 g/mol. The lowest BCUT2D eigenvalue weighted by atomic mass is 9.82. The summed E-state index contributed by atoms with van der Waals surface area (Å²) in [5.41, 5.74) is 15.0. The van der Waals surface area contributed by atoms with E-state index in [1.54, 1.807) is 0 Å². The number of para-hydroxylation sites is 1. The molecular weight excluding hydrogens is 675 g/mol. The molecule has 8 aromatic carbocycles. The van der Waals surface area contributed by atoms with Crippen molar-refractivity contribution in [3.8, 4) is 33.4 Å². The molecule has 2 nitrogen and oxygen atoms in total. The predicted octanol–water partition coefficient (Wildman–Crippen LogP) is 15.1. The van der Waals surface area contributed by atoms with Gasteiger partial charge in [0.25, 0.3) is 0 Å². The molecule has 1 aliphatic carbocycles. The van der Waals surface area contributed by atoms with Gasteiger partial charge in [-0.15, -0.1) is 11.3 Å². The van der Waals surface area contributed by atoms with Gasteiger partial charge in [0.2, 0.25) is 0 Å². The first-order valence-corrected chi connectivity index (χ1v) is 19.4. The van der Waals surface area contributed by atoms with E-state index in [1.807, 2.05) is 11.3 Å². The molecule has 0 unspecified atom stereocenters. The van der Waals surface area contributed by atoms with E-state index in [9.17, 15) is 0 Å². The van der Waals surface area contributed by atoms with E-state index in [1.165, 1.54) is 53.6 Å². The van der Waals surface area contributed by atoms with Crippen LogP contribution in [0.5, 0.6) is 0 Å². The first kappa shape index (κ1) is 31.1. The lowest BCUT2D eigenvalue weighted by molar-refractivity contribution is 0.660. The Bertz CT molecular complexity index is 3080. The SMILES string of the molecule is CC1(C)c2ccccc2-c2c(N(c3ccc(-c4cccc5c4sc4ccccc45)cc3)c3ccc(-c4ccccc4)c4oc5ccccc5c34)cccc21. The highest BCUT2D eigenvalue weighted by atomic mass is 32.1. The third-order valence-corrected chi connectivity index (χ3v) is 12.7. The maximum absolute atomic E-state index is 6.80. The van der Waals surface area contributed by atoms with Crippen LogP contribution in [0.3, 0.4) is 0 Å². The molecule has 1 aliphatic rings. The third kappa shape index (κ3) is 4.52. The summed E-state index contributed by atoms with van der Waals surface area (Å²) in [5, 5.41) is 4.84. The molecule has 0 bridgehead atoms. The molecule has 54 heavy (non-hydrogen) atoms. The van der Waals surface area contributed by atoms with Crippen LogP contribution in [0.15, 0.2) is 180 Å². The zero-order valence-electron chi connectivity index (χ0n) is 30.0. The van der Waals surface area contributed by atoms with Gasteiger partial charge in [-0.25, -0.2) is 0 Å². The van der Waals surface area contributed by atoms with Crippen LogP contribution in [-0.2, 0) is 5.41 Å². The van der Waals surface area contributed by atoms with Crippen LogP contribution in [0.4, 0.5) is 17.1 Å². The van der Waals surface area contributed by atoms with E-state index in [-0.39, 0.29) is 5.41 Å². The normalized spacial score (nSPS) is 13.1. The van der Waals surface area contributed by atoms with Gasteiger partial charge in [-0.1, -0.05) is 147 Å². The molecule has 0 N–H and O–H groups in total. The largest absolute Gasteiger partial charge is 0.455 e. The molecule has 256 valence electrons. The van der Waals surface area contributed by atoms with E-state index in [2.05, 4.69) is 195 Å². The molecule has 2 heterocycles. The molecule has 0 radical (unpaired) electrons. The molecular formula is C51H35NOS. The third-order valence-electron chi connectivity index (χ3n) is 11.5. The van der Waals surface area contributed by atoms with Crippen molar-refractivity contribution in [1.82, 2.24) is 0 Å². The Morgan fingerprint density at radius 3 is 2.02 bits per heavy atom. The Labute approximate surface area is 318 Å². The maximum atomic E-state index is 6.80. The average molecular weight is 710 g/mol. The Balaban J connectivity index is 1.18. The summed E-state index contributed by atoms with van der Waals surface area (Å²) in [4.78, 5) is 2.47. The van der Waals surface area contributed by atoms with Crippen molar-refractivity contribution in [2.75, 3.05) is 4.90 Å². The van der Waals surface area contributed by atoms with Crippen molar-refractivity contribution in [3.63, 3.8) is 0 Å². The number of anilines is 3. The van der Waals surface area contributed by atoms with Gasteiger partial charge in [0.1, 0.15) is 11.2 Å². The standard InChI is InChI=1S/C51H35NOS/c1-51(2)41-21-9-6-17-39(41)47-42(51)22-13-23-43(47)52(34-28-26-33(27-29-34)36-19-12-20-38-37-16-8-11-25-46(37)54-50(36)38)44-31-30-35(32-14-4-3-5-15-32)49-48(44)40-18-7-10-24-45(40)53-49/h3-31H,1-2H3. The van der Waals surface area contributed by atoms with Crippen molar-refractivity contribution in [1.29, 1.82) is 0 Å². The highest BCUT2D eigenvalue weighted by Gasteiger charge is 2.38. The molecule has 11 rings (SSSR count). The Kier molecular flexibility index (Phi) is 6.80. The topological polar surface area (TPSA) is 16.4 Å². The van der Waals surface area contributed by atoms with Gasteiger partial charge in [-0.3, -0.25) is 0 Å². The van der Waals surface area contributed by atoms with Gasteiger partial charge in [0, 0.05) is 47.8 Å². The molecule has 0 saturated carbocycles. The summed E-state index contributed by atoms with van der Waals surface area (Å²) in [5.74, 6) is 0. The van der Waals surface area contributed by atoms with E-state index in [0.29, 0.717) is 0 Å². The smallest absolute Gasteiger partial charge is 0.145 e. The second-order valence-electron chi connectivity index (χ2n) is 14.8. The summed E-state index contributed by atoms with van der Waals surface area (Å²) in [6.07, 6.45) is 0. The molecule has 0 saturated heterocycles. The zero-order valence-corrected chi connectivity index (χ0v) is 30.8. The zero-order chi connectivity index (χ0) is 36.0. The molecule has 10 aromatic rings. The minimum Gasteiger partial charge on any atom is -0.455 e. The molecule has 0 amide bonds. The van der Waals surface area contributed by atoms with Gasteiger partial charge in [0.15, 0.2) is 0 Å². The van der Waals surface area contributed by atoms with E-state index in [4.69, 9.17) is 4.42 Å². The highest BCUT2D eigenvalue weighted by Crippen LogP contribution is 2.55. The van der Waals surface area contributed by atoms with Gasteiger partial charge in [-0.05, 0) is 75.8 Å². The van der Waals surface area contributed by atoms with Crippen LogP contribution in [0.1, 0.15) is 25.0 Å². The molecule has 3 heteroatoms. The molecule has 0 aliphatic heterocycles. The number of fused-ring (bicyclic) bond motifs is 9. The molecule has 0 atom stereocenters. The number of rotatable bonds is 5. The van der Waals surface area contributed by atoms with Crippen molar-refractivity contribution in [3.05, 3.63) is 187 Å². The van der Waals surface area contributed by atoms with Crippen LogP contribution < -0.4 is 4.90 Å². The quantitative estimate of drug-likeness (QED) is 0.177. The van der Waals surface area contributed by atoms with Crippen molar-refractivity contribution >= 4 is 70.5 Å². The second-order valence-corrected chi connectivity index (χ2v) is 15.9. The number of hydrogen-bond acceptors (Lipinski definition) is 3. The minimum absolute atomic E-state index is 0.130. The van der Waals surface area contributed by atoms with Gasteiger partial charge >= 0.3 is 0 Å². The Morgan fingerprint density at radius 2 is 1.15 bits per heavy atom. The van der Waals surface area contributed by atoms with E-state index < -0.39 is 0 Å². The van der Waals surface area contributed by atoms with Crippen LogP contribution in [-0.4, -0.2) is 0 Å². The molecule has 2 aromatic heterocycles. The first-order valence-electron chi connectivity index (χ1n) is 18.6. The average Bonchev–Trinajstić information content (AvgIpc) is 3.87. The van der Waals surface area contributed by atoms with Crippen LogP contribution in [0.25, 0.3) is 75.5 Å². The van der Waals surface area contributed by atoms with Crippen molar-refractivity contribution in [2.24, 2.45) is 0 Å². The minimum atomic E-state index is -0.130. The van der Waals surface area contributed by atoms with Crippen LogP contribution in [0, 0.1) is 0 Å². The van der Waals surface area contributed by atoms with E-state index in [0.717, 1.165) is 50.1 Å². The van der Waals surface area contributed by atoms with Crippen molar-refractivity contribution in [2.45, 2.75) is 19.3 Å². The van der Waals surface area contributed by atoms with Crippen molar-refractivity contribution < 1.29 is 4.42 Å². The summed E-state index contributed by atoms with van der Waals surface area (Å²) >= 11 is 1.88. The van der Waals surface area contributed by atoms with E-state index >= 15 is 0 Å². The number of hydrogen-bond donors (Lipinski definition) is 0. The highest BCUT2D eigenvalue weighted by molar-refractivity contribution is 7.26. The number of benzene rings is 8. The first-order chi connectivity index (χ1) is 26.6. The summed E-state index contributed by atoms with van der Waals surface area (Å²) < 4.78 is 9.44. The lowest BCUT2D eigenvalue weighted by Gasteiger charge is -2.30. The fraction of sp³-hybridized carbons (Fsp3) is 0.0588. The fourth-order valence-corrected chi connectivity index (χ4v) is 10.2. The Morgan fingerprint density at radius 1 is 0.481 bits per heavy atom. The van der Waals surface area contributed by atoms with Crippen LogP contribution >= 0.6 is 11.3 Å². The second kappa shape index (κ2) is 11.8. The lowest BCUT2D eigenvalue weighted by Crippen LogP contribution is -2.16. The molecule has 0 spiro atoms. The summed E-state index contributed by atoms with van der Waals surface area (Å²) in [6.45, 7) is 4.71.